The number of anilines is 1. The molecule has 0 unspecified atom stereocenters. The molecule has 0 heterocycles. The Morgan fingerprint density at radius 1 is 1.19 bits per heavy atom. The number of nitro benzene ring substituents is 1. The zero-order valence-electron chi connectivity index (χ0n) is 14.3. The number of ether oxygens (including phenoxy) is 2. The van der Waals surface area contributed by atoms with Crippen molar-refractivity contribution in [2.75, 3.05) is 25.1 Å². The van der Waals surface area contributed by atoms with Crippen LogP contribution in [-0.2, 0) is 19.6 Å². The van der Waals surface area contributed by atoms with E-state index in [9.17, 15) is 23.3 Å². The van der Waals surface area contributed by atoms with E-state index in [-0.39, 0.29) is 22.0 Å². The third-order valence-corrected chi connectivity index (χ3v) is 5.57. The van der Waals surface area contributed by atoms with Crippen molar-refractivity contribution in [3.05, 3.63) is 57.6 Å². The summed E-state index contributed by atoms with van der Waals surface area (Å²) in [6.45, 7) is -0.709. The number of rotatable bonds is 7. The average Bonchev–Trinajstić information content (AvgIpc) is 2.65. The first-order chi connectivity index (χ1) is 12.7. The molecule has 0 aliphatic carbocycles. The van der Waals surface area contributed by atoms with E-state index >= 15 is 0 Å². The zero-order chi connectivity index (χ0) is 20.2. The molecule has 144 valence electrons. The van der Waals surface area contributed by atoms with Crippen molar-refractivity contribution in [1.82, 2.24) is 0 Å². The lowest BCUT2D eigenvalue weighted by molar-refractivity contribution is -0.384. The number of esters is 1. The summed E-state index contributed by atoms with van der Waals surface area (Å²) in [7, 11) is -1.91. The minimum absolute atomic E-state index is 0.0297. The van der Waals surface area contributed by atoms with Gasteiger partial charge in [-0.3, -0.25) is 19.2 Å². The second-order valence-electron chi connectivity index (χ2n) is 5.15. The van der Waals surface area contributed by atoms with Crippen LogP contribution in [0.25, 0.3) is 0 Å². The number of halogens is 1. The molecule has 0 radical (unpaired) electrons. The van der Waals surface area contributed by atoms with Crippen LogP contribution in [0.4, 0.5) is 11.4 Å². The summed E-state index contributed by atoms with van der Waals surface area (Å²) in [5.74, 6) is -0.830. The van der Waals surface area contributed by atoms with Gasteiger partial charge in [0.15, 0.2) is 0 Å². The Balaban J connectivity index is 2.68. The lowest BCUT2D eigenvalue weighted by atomic mass is 10.2. The fraction of sp³-hybridized carbons (Fsp3) is 0.188. The Bertz CT molecular complexity index is 961. The van der Waals surface area contributed by atoms with E-state index in [0.717, 1.165) is 19.2 Å². The fourth-order valence-corrected chi connectivity index (χ4v) is 3.74. The molecule has 9 nitrogen and oxygen atoms in total. The number of non-ortho nitro benzene ring substituents is 1. The van der Waals surface area contributed by atoms with Crippen molar-refractivity contribution in [1.29, 1.82) is 0 Å². The van der Waals surface area contributed by atoms with Crippen LogP contribution < -0.4 is 9.04 Å². The van der Waals surface area contributed by atoms with E-state index in [1.165, 1.54) is 37.4 Å². The monoisotopic (exact) mass is 414 g/mol. The molecule has 0 atom stereocenters. The molecule has 0 aliphatic rings. The van der Waals surface area contributed by atoms with Crippen molar-refractivity contribution in [3.63, 3.8) is 0 Å². The van der Waals surface area contributed by atoms with E-state index in [4.69, 9.17) is 16.3 Å². The summed E-state index contributed by atoms with van der Waals surface area (Å²) < 4.78 is 36.6. The molecule has 2 aromatic rings. The van der Waals surface area contributed by atoms with Crippen LogP contribution in [-0.4, -0.2) is 40.1 Å². The molecule has 11 heteroatoms. The van der Waals surface area contributed by atoms with Gasteiger partial charge in [0.25, 0.3) is 15.7 Å². The summed E-state index contributed by atoms with van der Waals surface area (Å²) in [4.78, 5) is 22.1. The van der Waals surface area contributed by atoms with Crippen molar-refractivity contribution in [2.24, 2.45) is 0 Å². The van der Waals surface area contributed by atoms with Crippen LogP contribution in [0.2, 0.25) is 5.02 Å². The first kappa shape index (κ1) is 20.5. The maximum atomic E-state index is 13.1. The smallest absolute Gasteiger partial charge is 0.326 e. The number of sulfonamides is 1. The maximum Gasteiger partial charge on any atom is 0.326 e. The molecule has 0 bridgehead atoms. The number of nitrogens with zero attached hydrogens (tertiary/aromatic N) is 2. The normalized spacial score (nSPS) is 10.9. The predicted octanol–water partition coefficient (Wildman–Crippen LogP) is 2.63. The van der Waals surface area contributed by atoms with E-state index < -0.39 is 27.5 Å². The third-order valence-electron chi connectivity index (χ3n) is 3.54. The maximum absolute atomic E-state index is 13.1. The standard InChI is InChI=1S/C16H15ClN2O7S/c1-25-15-8-5-12(19(21)22)9-14(15)18(10-16(20)26-2)27(23,24)13-6-3-11(17)4-7-13/h3-9H,10H2,1-2H3. The predicted molar refractivity (Wildman–Crippen MR) is 97.6 cm³/mol. The lowest BCUT2D eigenvalue weighted by Gasteiger charge is -2.24. The number of carbonyl (C=O) groups excluding carboxylic acids is 1. The molecule has 0 saturated carbocycles. The molecule has 0 aliphatic heterocycles. The Kier molecular flexibility index (Phi) is 6.24. The average molecular weight is 415 g/mol. The van der Waals surface area contributed by atoms with Gasteiger partial charge in [-0.1, -0.05) is 11.6 Å². The van der Waals surface area contributed by atoms with Gasteiger partial charge >= 0.3 is 5.97 Å². The Labute approximate surface area is 160 Å². The van der Waals surface area contributed by atoms with Crippen molar-refractivity contribution < 1.29 is 27.6 Å². The first-order valence-corrected chi connectivity index (χ1v) is 9.20. The minimum atomic E-state index is -4.28. The molecule has 0 fully saturated rings. The Hall–Kier alpha value is -2.85. The van der Waals surface area contributed by atoms with Crippen molar-refractivity contribution >= 4 is 39.0 Å². The molecule has 27 heavy (non-hydrogen) atoms. The Morgan fingerprint density at radius 3 is 2.33 bits per heavy atom. The highest BCUT2D eigenvalue weighted by atomic mass is 35.5. The molecule has 0 N–H and O–H groups in total. The highest BCUT2D eigenvalue weighted by Gasteiger charge is 2.31. The van der Waals surface area contributed by atoms with Crippen LogP contribution in [0, 0.1) is 10.1 Å². The van der Waals surface area contributed by atoms with Gasteiger partial charge in [0.05, 0.1) is 24.0 Å². The summed E-state index contributed by atoms with van der Waals surface area (Å²) in [5, 5.41) is 11.4. The molecule has 0 spiro atoms. The van der Waals surface area contributed by atoms with E-state index in [1.54, 1.807) is 0 Å². The largest absolute Gasteiger partial charge is 0.495 e. The van der Waals surface area contributed by atoms with Gasteiger partial charge in [-0.2, -0.15) is 0 Å². The van der Waals surface area contributed by atoms with Crippen molar-refractivity contribution in [2.45, 2.75) is 4.90 Å². The van der Waals surface area contributed by atoms with Gasteiger partial charge < -0.3 is 9.47 Å². The second kappa shape index (κ2) is 8.23. The topological polar surface area (TPSA) is 116 Å². The quantitative estimate of drug-likeness (QED) is 0.388. The van der Waals surface area contributed by atoms with Crippen molar-refractivity contribution in [3.8, 4) is 5.75 Å². The van der Waals surface area contributed by atoms with E-state index in [1.807, 2.05) is 0 Å². The minimum Gasteiger partial charge on any atom is -0.495 e. The first-order valence-electron chi connectivity index (χ1n) is 7.38. The van der Waals surface area contributed by atoms with Gasteiger partial charge in [-0.25, -0.2) is 8.42 Å². The van der Waals surface area contributed by atoms with Gasteiger partial charge in [-0.15, -0.1) is 0 Å². The molecule has 0 saturated heterocycles. The second-order valence-corrected chi connectivity index (χ2v) is 7.45. The van der Waals surface area contributed by atoms with Gasteiger partial charge in [0.2, 0.25) is 0 Å². The molecule has 0 amide bonds. The molecular weight excluding hydrogens is 400 g/mol. The van der Waals surface area contributed by atoms with Gasteiger partial charge in [-0.05, 0) is 30.3 Å². The van der Waals surface area contributed by atoms with Crippen LogP contribution in [0.3, 0.4) is 0 Å². The molecule has 0 aromatic heterocycles. The van der Waals surface area contributed by atoms with Crippen LogP contribution in [0.5, 0.6) is 5.75 Å². The van der Waals surface area contributed by atoms with Crippen LogP contribution in [0.1, 0.15) is 0 Å². The number of nitro groups is 1. The summed E-state index contributed by atoms with van der Waals surface area (Å²) >= 11 is 5.79. The van der Waals surface area contributed by atoms with Gasteiger partial charge in [0, 0.05) is 17.2 Å². The number of benzene rings is 2. The highest BCUT2D eigenvalue weighted by molar-refractivity contribution is 7.92. The number of carbonyl (C=O) groups is 1. The van der Waals surface area contributed by atoms with E-state index in [0.29, 0.717) is 9.33 Å². The zero-order valence-corrected chi connectivity index (χ0v) is 15.9. The van der Waals surface area contributed by atoms with Crippen LogP contribution >= 0.6 is 11.6 Å². The number of hydrogen-bond donors (Lipinski definition) is 0. The van der Waals surface area contributed by atoms with E-state index in [2.05, 4.69) is 4.74 Å². The summed E-state index contributed by atoms with van der Waals surface area (Å²) in [5.41, 5.74) is -0.543. The molecule has 2 aromatic carbocycles. The SMILES string of the molecule is COC(=O)CN(c1cc([N+](=O)[O-])ccc1OC)S(=O)(=O)c1ccc(Cl)cc1. The summed E-state index contributed by atoms with van der Waals surface area (Å²) in [6, 6.07) is 8.67. The number of methoxy groups -OCH3 is 2. The van der Waals surface area contributed by atoms with Gasteiger partial charge in [0.1, 0.15) is 18.0 Å². The third kappa shape index (κ3) is 4.47. The molecule has 2 rings (SSSR count). The number of hydrogen-bond acceptors (Lipinski definition) is 7. The Morgan fingerprint density at radius 2 is 1.81 bits per heavy atom. The fourth-order valence-electron chi connectivity index (χ4n) is 2.20. The lowest BCUT2D eigenvalue weighted by Crippen LogP contribution is -2.36. The molecular formula is C16H15ClN2O7S. The van der Waals surface area contributed by atoms with Crippen LogP contribution in [0.15, 0.2) is 47.4 Å². The summed E-state index contributed by atoms with van der Waals surface area (Å²) in [6.07, 6.45) is 0. The highest BCUT2D eigenvalue weighted by Crippen LogP contribution is 2.35.